The number of thiophene rings is 1. The molecule has 0 saturated heterocycles. The number of nitrogens with zero attached hydrogens (tertiary/aromatic N) is 2. The normalized spacial score (nSPS) is 16.0. The Morgan fingerprint density at radius 3 is 2.55 bits per heavy atom. The molecule has 3 heterocycles. The van der Waals surface area contributed by atoms with E-state index in [0.717, 1.165) is 10.4 Å². The van der Waals surface area contributed by atoms with Crippen LogP contribution < -0.4 is 19.6 Å². The Bertz CT molecular complexity index is 1360. The highest BCUT2D eigenvalue weighted by Crippen LogP contribution is 2.32. The number of hydrogen-bond acceptors (Lipinski definition) is 8. The fraction of sp³-hybridized carbons (Fsp3) is 0.182. The molecule has 1 aliphatic heterocycles. The van der Waals surface area contributed by atoms with E-state index in [0.29, 0.717) is 26.4 Å². The summed E-state index contributed by atoms with van der Waals surface area (Å²) in [6, 6.07) is 10.0. The van der Waals surface area contributed by atoms with Gasteiger partial charge in [0, 0.05) is 11.8 Å². The first-order valence-electron chi connectivity index (χ1n) is 9.32. The van der Waals surface area contributed by atoms with Crippen LogP contribution >= 0.6 is 22.7 Å². The summed E-state index contributed by atoms with van der Waals surface area (Å²) in [4.78, 5) is 42.8. The predicted octanol–water partition coefficient (Wildman–Crippen LogP) is 2.40. The van der Waals surface area contributed by atoms with Crippen LogP contribution in [0.4, 0.5) is 0 Å². The van der Waals surface area contributed by atoms with Crippen molar-refractivity contribution in [3.63, 3.8) is 0 Å². The molecular formula is C22H18N2O5S2. The second-order valence-corrected chi connectivity index (χ2v) is 8.74. The van der Waals surface area contributed by atoms with Crippen LogP contribution in [0.5, 0.6) is 5.75 Å². The number of hydrogen-bond donors (Lipinski definition) is 0. The lowest BCUT2D eigenvalue weighted by atomic mass is 10.0. The van der Waals surface area contributed by atoms with Crippen molar-refractivity contribution >= 4 is 40.7 Å². The zero-order valence-corrected chi connectivity index (χ0v) is 18.6. The van der Waals surface area contributed by atoms with Crippen LogP contribution in [0, 0.1) is 0 Å². The molecule has 4 rings (SSSR count). The minimum Gasteiger partial charge on any atom is -0.466 e. The summed E-state index contributed by atoms with van der Waals surface area (Å²) in [6.07, 6.45) is 1.75. The van der Waals surface area contributed by atoms with E-state index in [-0.39, 0.29) is 5.56 Å². The molecule has 0 saturated carbocycles. The smallest absolute Gasteiger partial charge is 0.338 e. The number of thiazole rings is 1. The molecule has 7 nitrogen and oxygen atoms in total. The van der Waals surface area contributed by atoms with Gasteiger partial charge in [-0.1, -0.05) is 29.5 Å². The van der Waals surface area contributed by atoms with Gasteiger partial charge in [-0.05, 0) is 42.1 Å². The Kier molecular flexibility index (Phi) is 5.71. The van der Waals surface area contributed by atoms with Crippen molar-refractivity contribution in [1.82, 2.24) is 4.57 Å². The predicted molar refractivity (Wildman–Crippen MR) is 118 cm³/mol. The molecule has 0 N–H and O–H groups in total. The average Bonchev–Trinajstić information content (AvgIpc) is 3.36. The number of methoxy groups -OCH3 is 1. The van der Waals surface area contributed by atoms with Gasteiger partial charge >= 0.3 is 11.9 Å². The molecule has 0 unspecified atom stereocenters. The van der Waals surface area contributed by atoms with Crippen molar-refractivity contribution < 1.29 is 19.1 Å². The molecule has 0 spiro atoms. The lowest BCUT2D eigenvalue weighted by Crippen LogP contribution is -2.39. The van der Waals surface area contributed by atoms with Gasteiger partial charge in [0.25, 0.3) is 5.56 Å². The molecule has 3 aromatic rings. The maximum absolute atomic E-state index is 13.3. The lowest BCUT2D eigenvalue weighted by molar-refractivity contribution is -0.136. The summed E-state index contributed by atoms with van der Waals surface area (Å²) in [5, 5.41) is 1.90. The summed E-state index contributed by atoms with van der Waals surface area (Å²) in [6.45, 7) is 3.08. The number of fused-ring (bicyclic) bond motifs is 1. The molecule has 0 radical (unpaired) electrons. The van der Waals surface area contributed by atoms with E-state index >= 15 is 0 Å². The first-order chi connectivity index (χ1) is 14.9. The lowest BCUT2D eigenvalue weighted by Gasteiger charge is -2.22. The van der Waals surface area contributed by atoms with Crippen molar-refractivity contribution in [2.24, 2.45) is 4.99 Å². The van der Waals surface area contributed by atoms with E-state index in [4.69, 9.17) is 9.47 Å². The molecule has 9 heteroatoms. The van der Waals surface area contributed by atoms with E-state index < -0.39 is 18.0 Å². The third-order valence-corrected chi connectivity index (χ3v) is 6.59. The summed E-state index contributed by atoms with van der Waals surface area (Å²) >= 11 is 2.72. The number of benzene rings is 1. The zero-order valence-electron chi connectivity index (χ0n) is 16.9. The fourth-order valence-electron chi connectivity index (χ4n) is 3.36. The average molecular weight is 455 g/mol. The molecule has 31 heavy (non-hydrogen) atoms. The van der Waals surface area contributed by atoms with E-state index in [9.17, 15) is 14.4 Å². The minimum absolute atomic E-state index is 0.236. The van der Waals surface area contributed by atoms with Crippen molar-refractivity contribution in [2.45, 2.75) is 19.9 Å². The Hall–Kier alpha value is -3.30. The first-order valence-corrected chi connectivity index (χ1v) is 11.0. The third-order valence-electron chi connectivity index (χ3n) is 4.68. The van der Waals surface area contributed by atoms with Gasteiger partial charge in [-0.25, -0.2) is 9.79 Å². The molecule has 2 aromatic heterocycles. The topological polar surface area (TPSA) is 87.0 Å². The van der Waals surface area contributed by atoms with Gasteiger partial charge < -0.3 is 9.47 Å². The number of ether oxygens (including phenoxy) is 2. The van der Waals surface area contributed by atoms with Gasteiger partial charge in [0.1, 0.15) is 11.8 Å². The summed E-state index contributed by atoms with van der Waals surface area (Å²) in [5.41, 5.74) is 1.43. The summed E-state index contributed by atoms with van der Waals surface area (Å²) in [7, 11) is 1.32. The maximum atomic E-state index is 13.3. The van der Waals surface area contributed by atoms with Gasteiger partial charge in [0.2, 0.25) is 0 Å². The molecule has 0 bridgehead atoms. The van der Waals surface area contributed by atoms with Gasteiger partial charge in [0.15, 0.2) is 4.80 Å². The second kappa shape index (κ2) is 8.44. The standard InChI is InChI=1S/C22H18N2O5S2/c1-12-18(21(27)28-3)19(16-5-4-10-30-16)24-20(26)17(31-22(24)23-12)11-14-6-8-15(9-7-14)29-13(2)25/h4-11,19H,1-3H3/b17-11-/t19-/m1/s1. The van der Waals surface area contributed by atoms with E-state index in [1.807, 2.05) is 17.5 Å². The third kappa shape index (κ3) is 4.01. The number of rotatable bonds is 4. The van der Waals surface area contributed by atoms with Crippen LogP contribution in [0.2, 0.25) is 0 Å². The number of carbonyl (C=O) groups is 2. The number of allylic oxidation sites excluding steroid dienone is 1. The highest BCUT2D eigenvalue weighted by Gasteiger charge is 2.33. The van der Waals surface area contributed by atoms with E-state index in [2.05, 4.69) is 4.99 Å². The largest absolute Gasteiger partial charge is 0.466 e. The van der Waals surface area contributed by atoms with Crippen LogP contribution in [0.25, 0.3) is 6.08 Å². The summed E-state index contributed by atoms with van der Waals surface area (Å²) < 4.78 is 12.1. The molecule has 1 aromatic carbocycles. The SMILES string of the molecule is COC(=O)C1=C(C)N=c2s/c(=C\c3ccc(OC(C)=O)cc3)c(=O)n2[C@@H]1c1cccs1. The van der Waals surface area contributed by atoms with Gasteiger partial charge in [0.05, 0.1) is 22.9 Å². The Morgan fingerprint density at radius 1 is 1.19 bits per heavy atom. The Balaban J connectivity index is 1.85. The monoisotopic (exact) mass is 454 g/mol. The second-order valence-electron chi connectivity index (χ2n) is 6.75. The van der Waals surface area contributed by atoms with Crippen LogP contribution in [0.3, 0.4) is 0 Å². The zero-order chi connectivity index (χ0) is 22.1. The maximum Gasteiger partial charge on any atom is 0.338 e. The van der Waals surface area contributed by atoms with Crippen LogP contribution in [0.15, 0.2) is 62.8 Å². The molecule has 0 fully saturated rings. The fourth-order valence-corrected chi connectivity index (χ4v) is 5.23. The highest BCUT2D eigenvalue weighted by atomic mass is 32.1. The van der Waals surface area contributed by atoms with Crippen molar-refractivity contribution in [3.05, 3.63) is 83.2 Å². The number of aromatic nitrogens is 1. The van der Waals surface area contributed by atoms with E-state index in [1.165, 1.54) is 36.7 Å². The van der Waals surface area contributed by atoms with Crippen molar-refractivity contribution in [1.29, 1.82) is 0 Å². The van der Waals surface area contributed by atoms with Gasteiger partial charge in [-0.3, -0.25) is 14.2 Å². The molecular weight excluding hydrogens is 436 g/mol. The quantitative estimate of drug-likeness (QED) is 0.446. The van der Waals surface area contributed by atoms with Crippen LogP contribution in [-0.4, -0.2) is 23.6 Å². The molecule has 1 atom stereocenters. The number of esters is 2. The molecule has 158 valence electrons. The Morgan fingerprint density at radius 2 is 1.94 bits per heavy atom. The van der Waals surface area contributed by atoms with Crippen molar-refractivity contribution in [3.8, 4) is 5.75 Å². The Labute approximate surface area is 185 Å². The van der Waals surface area contributed by atoms with Crippen LogP contribution in [-0.2, 0) is 14.3 Å². The minimum atomic E-state index is -0.586. The first kappa shape index (κ1) is 21.0. The number of carbonyl (C=O) groups excluding carboxylic acids is 2. The molecule has 0 aliphatic carbocycles. The highest BCUT2D eigenvalue weighted by molar-refractivity contribution is 7.10. The van der Waals surface area contributed by atoms with E-state index in [1.54, 1.807) is 41.8 Å². The van der Waals surface area contributed by atoms with Gasteiger partial charge in [-0.2, -0.15) is 0 Å². The van der Waals surface area contributed by atoms with Crippen LogP contribution in [0.1, 0.15) is 30.3 Å². The molecule has 0 amide bonds. The van der Waals surface area contributed by atoms with Gasteiger partial charge in [-0.15, -0.1) is 11.3 Å². The summed E-state index contributed by atoms with van der Waals surface area (Å²) in [5.74, 6) is -0.469. The van der Waals surface area contributed by atoms with Crippen molar-refractivity contribution in [2.75, 3.05) is 7.11 Å². The molecule has 1 aliphatic rings.